The van der Waals surface area contributed by atoms with Crippen molar-refractivity contribution in [3.05, 3.63) is 72.1 Å². The van der Waals surface area contributed by atoms with Crippen molar-refractivity contribution in [1.82, 2.24) is 10.3 Å². The average Bonchev–Trinajstić information content (AvgIpc) is 2.61. The molecule has 0 spiro atoms. The molecular formula is C19H18N2O2. The van der Waals surface area contributed by atoms with Gasteiger partial charge in [0.2, 0.25) is 0 Å². The van der Waals surface area contributed by atoms with Crippen LogP contribution in [0.1, 0.15) is 15.9 Å². The molecule has 0 aliphatic heterocycles. The van der Waals surface area contributed by atoms with Gasteiger partial charge in [0.25, 0.3) is 5.91 Å². The summed E-state index contributed by atoms with van der Waals surface area (Å²) >= 11 is 0. The SMILES string of the molecule is COc1ccc2ccc(CCNC(=O)c3ccncc3)cc2c1. The fraction of sp³-hybridized carbons (Fsp3) is 0.158. The number of amides is 1. The van der Waals surface area contributed by atoms with Crippen LogP contribution in [0.25, 0.3) is 10.8 Å². The van der Waals surface area contributed by atoms with E-state index in [1.165, 1.54) is 10.9 Å². The smallest absolute Gasteiger partial charge is 0.251 e. The Kier molecular flexibility index (Phi) is 4.52. The van der Waals surface area contributed by atoms with E-state index in [2.05, 4.69) is 28.5 Å². The van der Waals surface area contributed by atoms with Crippen LogP contribution in [0, 0.1) is 0 Å². The number of hydrogen-bond acceptors (Lipinski definition) is 3. The van der Waals surface area contributed by atoms with Crippen LogP contribution in [0.5, 0.6) is 5.75 Å². The molecule has 0 unspecified atom stereocenters. The number of benzene rings is 2. The van der Waals surface area contributed by atoms with Crippen LogP contribution in [0.15, 0.2) is 60.9 Å². The number of carbonyl (C=O) groups is 1. The molecule has 1 amide bonds. The van der Waals surface area contributed by atoms with Gasteiger partial charge in [0, 0.05) is 24.5 Å². The summed E-state index contributed by atoms with van der Waals surface area (Å²) in [6.07, 6.45) is 4.02. The monoisotopic (exact) mass is 306 g/mol. The number of pyridine rings is 1. The quantitative estimate of drug-likeness (QED) is 0.787. The second-order valence-electron chi connectivity index (χ2n) is 5.29. The molecule has 2 aromatic carbocycles. The van der Waals surface area contributed by atoms with E-state index in [4.69, 9.17) is 4.74 Å². The first-order valence-corrected chi connectivity index (χ1v) is 7.51. The van der Waals surface area contributed by atoms with Crippen LogP contribution >= 0.6 is 0 Å². The maximum Gasteiger partial charge on any atom is 0.251 e. The Morgan fingerprint density at radius 2 is 1.83 bits per heavy atom. The minimum absolute atomic E-state index is 0.0742. The molecule has 0 bridgehead atoms. The van der Waals surface area contributed by atoms with E-state index in [9.17, 15) is 4.79 Å². The van der Waals surface area contributed by atoms with Gasteiger partial charge >= 0.3 is 0 Å². The fourth-order valence-corrected chi connectivity index (χ4v) is 2.48. The van der Waals surface area contributed by atoms with Crippen molar-refractivity contribution >= 4 is 16.7 Å². The molecule has 0 saturated carbocycles. The number of nitrogens with zero attached hydrogens (tertiary/aromatic N) is 1. The summed E-state index contributed by atoms with van der Waals surface area (Å²) in [7, 11) is 1.67. The average molecular weight is 306 g/mol. The molecule has 4 nitrogen and oxygen atoms in total. The number of methoxy groups -OCH3 is 1. The summed E-state index contributed by atoms with van der Waals surface area (Å²) in [5.74, 6) is 0.774. The molecule has 0 aliphatic rings. The molecule has 0 radical (unpaired) electrons. The highest BCUT2D eigenvalue weighted by Crippen LogP contribution is 2.22. The maximum absolute atomic E-state index is 12.0. The zero-order chi connectivity index (χ0) is 16.1. The second kappa shape index (κ2) is 6.92. The summed E-state index contributed by atoms with van der Waals surface area (Å²) in [6.45, 7) is 0.594. The van der Waals surface area contributed by atoms with E-state index in [0.717, 1.165) is 17.6 Å². The van der Waals surface area contributed by atoms with Crippen molar-refractivity contribution in [2.24, 2.45) is 0 Å². The van der Waals surface area contributed by atoms with Crippen LogP contribution in [0.2, 0.25) is 0 Å². The van der Waals surface area contributed by atoms with Crippen molar-refractivity contribution in [2.45, 2.75) is 6.42 Å². The van der Waals surface area contributed by atoms with Crippen LogP contribution in [-0.2, 0) is 6.42 Å². The molecule has 1 aromatic heterocycles. The van der Waals surface area contributed by atoms with Gasteiger partial charge in [-0.1, -0.05) is 24.3 Å². The summed E-state index contributed by atoms with van der Waals surface area (Å²) in [5.41, 5.74) is 1.81. The van der Waals surface area contributed by atoms with Gasteiger partial charge in [0.1, 0.15) is 5.75 Å². The summed E-state index contributed by atoms with van der Waals surface area (Å²) in [6, 6.07) is 15.8. The van der Waals surface area contributed by atoms with Crippen LogP contribution in [0.3, 0.4) is 0 Å². The van der Waals surface area contributed by atoms with Crippen molar-refractivity contribution in [3.63, 3.8) is 0 Å². The van der Waals surface area contributed by atoms with Gasteiger partial charge in [0.05, 0.1) is 7.11 Å². The van der Waals surface area contributed by atoms with Crippen LogP contribution < -0.4 is 10.1 Å². The zero-order valence-corrected chi connectivity index (χ0v) is 13.0. The highest BCUT2D eigenvalue weighted by Gasteiger charge is 2.04. The lowest BCUT2D eigenvalue weighted by molar-refractivity contribution is 0.0954. The zero-order valence-electron chi connectivity index (χ0n) is 13.0. The van der Waals surface area contributed by atoms with Crippen molar-refractivity contribution in [2.75, 3.05) is 13.7 Å². The Morgan fingerprint density at radius 1 is 1.04 bits per heavy atom. The van der Waals surface area contributed by atoms with E-state index in [1.807, 2.05) is 18.2 Å². The van der Waals surface area contributed by atoms with Gasteiger partial charge in [-0.2, -0.15) is 0 Å². The molecule has 0 fully saturated rings. The Labute approximate surface area is 135 Å². The molecular weight excluding hydrogens is 288 g/mol. The third kappa shape index (κ3) is 3.66. The van der Waals surface area contributed by atoms with Crippen LogP contribution in [-0.4, -0.2) is 24.5 Å². The topological polar surface area (TPSA) is 51.2 Å². The Bertz CT molecular complexity index is 816. The normalized spacial score (nSPS) is 10.5. The number of rotatable bonds is 5. The Morgan fingerprint density at radius 3 is 2.61 bits per heavy atom. The van der Waals surface area contributed by atoms with Crippen LogP contribution in [0.4, 0.5) is 0 Å². The van der Waals surface area contributed by atoms with Gasteiger partial charge in [-0.05, 0) is 47.0 Å². The van der Waals surface area contributed by atoms with Gasteiger partial charge < -0.3 is 10.1 Å². The van der Waals surface area contributed by atoms with Gasteiger partial charge in [-0.3, -0.25) is 9.78 Å². The molecule has 0 saturated heterocycles. The molecule has 0 atom stereocenters. The van der Waals surface area contributed by atoms with Gasteiger partial charge in [-0.15, -0.1) is 0 Å². The van der Waals surface area contributed by atoms with E-state index in [1.54, 1.807) is 31.6 Å². The van der Waals surface area contributed by atoms with Gasteiger partial charge in [-0.25, -0.2) is 0 Å². The van der Waals surface area contributed by atoms with E-state index < -0.39 is 0 Å². The minimum atomic E-state index is -0.0742. The molecule has 1 N–H and O–H groups in total. The first-order valence-electron chi connectivity index (χ1n) is 7.51. The first kappa shape index (κ1) is 15.0. The third-order valence-electron chi connectivity index (χ3n) is 3.75. The molecule has 4 heteroatoms. The Hall–Kier alpha value is -2.88. The lowest BCUT2D eigenvalue weighted by atomic mass is 10.0. The summed E-state index contributed by atoms with van der Waals surface area (Å²) in [5, 5.41) is 5.24. The molecule has 116 valence electrons. The second-order valence-corrected chi connectivity index (χ2v) is 5.29. The molecule has 23 heavy (non-hydrogen) atoms. The number of nitrogens with one attached hydrogen (secondary N) is 1. The predicted octanol–water partition coefficient (Wildman–Crippen LogP) is 3.22. The number of hydrogen-bond donors (Lipinski definition) is 1. The summed E-state index contributed by atoms with van der Waals surface area (Å²) < 4.78 is 5.26. The third-order valence-corrected chi connectivity index (χ3v) is 3.75. The van der Waals surface area contributed by atoms with E-state index in [0.29, 0.717) is 12.1 Å². The van der Waals surface area contributed by atoms with E-state index in [-0.39, 0.29) is 5.91 Å². The standard InChI is InChI=1S/C19H18N2O2/c1-23-18-5-4-15-3-2-14(12-17(15)13-18)6-11-21-19(22)16-7-9-20-10-8-16/h2-5,7-10,12-13H,6,11H2,1H3,(H,21,22). The number of aromatic nitrogens is 1. The molecule has 0 aliphatic carbocycles. The van der Waals surface area contributed by atoms with Gasteiger partial charge in [0.15, 0.2) is 0 Å². The lowest BCUT2D eigenvalue weighted by Crippen LogP contribution is -2.25. The first-order chi connectivity index (χ1) is 11.3. The minimum Gasteiger partial charge on any atom is -0.497 e. The Balaban J connectivity index is 1.64. The lowest BCUT2D eigenvalue weighted by Gasteiger charge is -2.07. The van der Waals surface area contributed by atoms with Crippen molar-refractivity contribution < 1.29 is 9.53 Å². The number of ether oxygens (including phenoxy) is 1. The highest BCUT2D eigenvalue weighted by molar-refractivity contribution is 5.94. The fourth-order valence-electron chi connectivity index (χ4n) is 2.48. The highest BCUT2D eigenvalue weighted by atomic mass is 16.5. The number of carbonyl (C=O) groups excluding carboxylic acids is 1. The molecule has 1 heterocycles. The number of fused-ring (bicyclic) bond motifs is 1. The predicted molar refractivity (Wildman–Crippen MR) is 90.8 cm³/mol. The molecule has 3 aromatic rings. The van der Waals surface area contributed by atoms with Crippen molar-refractivity contribution in [1.29, 1.82) is 0 Å². The molecule has 3 rings (SSSR count). The maximum atomic E-state index is 12.0. The van der Waals surface area contributed by atoms with E-state index >= 15 is 0 Å². The van der Waals surface area contributed by atoms with Crippen molar-refractivity contribution in [3.8, 4) is 5.75 Å². The largest absolute Gasteiger partial charge is 0.497 e. The summed E-state index contributed by atoms with van der Waals surface area (Å²) in [4.78, 5) is 15.9.